The number of aliphatic hydroxyl groups excluding tert-OH is 1. The molecular formula is C9H16O. The molecule has 0 aliphatic heterocycles. The minimum absolute atomic E-state index is 0.00579. The van der Waals surface area contributed by atoms with Gasteiger partial charge in [-0.2, -0.15) is 0 Å². The van der Waals surface area contributed by atoms with Crippen molar-refractivity contribution in [1.29, 1.82) is 0 Å². The molecule has 0 aromatic heterocycles. The van der Waals surface area contributed by atoms with E-state index in [4.69, 9.17) is 0 Å². The van der Waals surface area contributed by atoms with E-state index in [1.54, 1.807) is 0 Å². The Morgan fingerprint density at radius 2 is 2.10 bits per heavy atom. The lowest BCUT2D eigenvalue weighted by Crippen LogP contribution is -2.32. The third-order valence-electron chi connectivity index (χ3n) is 3.53. The Morgan fingerprint density at radius 3 is 2.80 bits per heavy atom. The summed E-state index contributed by atoms with van der Waals surface area (Å²) in [6.07, 6.45) is 6.25. The summed E-state index contributed by atoms with van der Waals surface area (Å²) >= 11 is 0. The van der Waals surface area contributed by atoms with E-state index in [-0.39, 0.29) is 6.10 Å². The molecule has 2 rings (SSSR count). The van der Waals surface area contributed by atoms with Crippen LogP contribution in [0.1, 0.15) is 39.0 Å². The van der Waals surface area contributed by atoms with Gasteiger partial charge in [-0.1, -0.05) is 6.92 Å². The minimum atomic E-state index is 0.00579. The first-order chi connectivity index (χ1) is 4.71. The Hall–Kier alpha value is -0.0400. The smallest absolute Gasteiger partial charge is 0.0594 e. The highest BCUT2D eigenvalue weighted by Gasteiger charge is 2.44. The molecule has 2 fully saturated rings. The van der Waals surface area contributed by atoms with Gasteiger partial charge in [0.25, 0.3) is 0 Å². The molecule has 0 unspecified atom stereocenters. The lowest BCUT2D eigenvalue weighted by molar-refractivity contribution is 0.0115. The SMILES string of the molecule is C[C@]12CC[C@H](CC[C@@H]1O)C2. The van der Waals surface area contributed by atoms with Crippen LogP contribution in [0.5, 0.6) is 0 Å². The van der Waals surface area contributed by atoms with Crippen LogP contribution in [0, 0.1) is 11.3 Å². The maximum absolute atomic E-state index is 9.65. The molecule has 2 aliphatic carbocycles. The van der Waals surface area contributed by atoms with Gasteiger partial charge in [0.1, 0.15) is 0 Å². The van der Waals surface area contributed by atoms with Crippen molar-refractivity contribution in [3.05, 3.63) is 0 Å². The molecule has 1 nitrogen and oxygen atoms in total. The molecule has 58 valence electrons. The highest BCUT2D eigenvalue weighted by molar-refractivity contribution is 4.95. The van der Waals surface area contributed by atoms with Crippen LogP contribution in [0.4, 0.5) is 0 Å². The Bertz CT molecular complexity index is 142. The zero-order valence-corrected chi connectivity index (χ0v) is 6.64. The molecule has 2 aliphatic rings. The van der Waals surface area contributed by atoms with Crippen molar-refractivity contribution in [3.63, 3.8) is 0 Å². The molecule has 10 heavy (non-hydrogen) atoms. The van der Waals surface area contributed by atoms with Crippen molar-refractivity contribution in [3.8, 4) is 0 Å². The first-order valence-electron chi connectivity index (χ1n) is 4.39. The lowest BCUT2D eigenvalue weighted by Gasteiger charge is -2.34. The topological polar surface area (TPSA) is 20.2 Å². The largest absolute Gasteiger partial charge is 0.393 e. The van der Waals surface area contributed by atoms with Gasteiger partial charge in [0, 0.05) is 0 Å². The summed E-state index contributed by atoms with van der Waals surface area (Å²) in [7, 11) is 0. The van der Waals surface area contributed by atoms with Crippen LogP contribution in [0.2, 0.25) is 0 Å². The standard InChI is InChI=1S/C9H16O/c1-9-5-4-7(6-9)2-3-8(9)10/h7-8,10H,2-6H2,1H3/t7-,8-,9+/m0/s1. The fraction of sp³-hybridized carbons (Fsp3) is 1.00. The zero-order chi connectivity index (χ0) is 7.19. The highest BCUT2D eigenvalue weighted by atomic mass is 16.3. The van der Waals surface area contributed by atoms with Crippen molar-refractivity contribution in [1.82, 2.24) is 0 Å². The monoisotopic (exact) mass is 140 g/mol. The van der Waals surface area contributed by atoms with Crippen LogP contribution >= 0.6 is 0 Å². The Morgan fingerprint density at radius 1 is 1.30 bits per heavy atom. The number of fused-ring (bicyclic) bond motifs is 2. The average Bonchev–Trinajstić information content (AvgIpc) is 2.22. The maximum atomic E-state index is 9.65. The molecule has 0 heterocycles. The third kappa shape index (κ3) is 0.800. The van der Waals surface area contributed by atoms with Crippen molar-refractivity contribution in [2.45, 2.75) is 45.1 Å². The van der Waals surface area contributed by atoms with E-state index < -0.39 is 0 Å². The summed E-state index contributed by atoms with van der Waals surface area (Å²) in [5, 5.41) is 9.65. The first kappa shape index (κ1) is 6.66. The van der Waals surface area contributed by atoms with Gasteiger partial charge in [0.05, 0.1) is 6.10 Å². The molecule has 1 heteroatoms. The van der Waals surface area contributed by atoms with Gasteiger partial charge in [0.15, 0.2) is 0 Å². The highest BCUT2D eigenvalue weighted by Crippen LogP contribution is 2.50. The van der Waals surface area contributed by atoms with Crippen molar-refractivity contribution < 1.29 is 5.11 Å². The van der Waals surface area contributed by atoms with E-state index in [1.165, 1.54) is 25.7 Å². The second-order valence-corrected chi connectivity index (χ2v) is 4.36. The molecular weight excluding hydrogens is 124 g/mol. The Kier molecular flexibility index (Phi) is 1.31. The molecule has 2 saturated carbocycles. The summed E-state index contributed by atoms with van der Waals surface area (Å²) in [6.45, 7) is 2.25. The van der Waals surface area contributed by atoms with Crippen LogP contribution in [-0.4, -0.2) is 11.2 Å². The summed E-state index contributed by atoms with van der Waals surface area (Å²) in [5.41, 5.74) is 0.308. The second kappa shape index (κ2) is 1.97. The molecule has 2 bridgehead atoms. The van der Waals surface area contributed by atoms with Gasteiger partial charge < -0.3 is 5.11 Å². The van der Waals surface area contributed by atoms with Crippen LogP contribution in [0.3, 0.4) is 0 Å². The van der Waals surface area contributed by atoms with Gasteiger partial charge in [-0.15, -0.1) is 0 Å². The van der Waals surface area contributed by atoms with E-state index in [0.29, 0.717) is 5.41 Å². The van der Waals surface area contributed by atoms with Crippen LogP contribution in [0.15, 0.2) is 0 Å². The third-order valence-corrected chi connectivity index (χ3v) is 3.53. The van der Waals surface area contributed by atoms with Crippen molar-refractivity contribution in [2.75, 3.05) is 0 Å². The van der Waals surface area contributed by atoms with E-state index >= 15 is 0 Å². The van der Waals surface area contributed by atoms with Crippen molar-refractivity contribution >= 4 is 0 Å². The van der Waals surface area contributed by atoms with E-state index in [0.717, 1.165) is 12.3 Å². The fourth-order valence-electron chi connectivity index (χ4n) is 2.69. The Labute approximate surface area is 62.4 Å². The molecule has 0 aromatic carbocycles. The van der Waals surface area contributed by atoms with E-state index in [2.05, 4.69) is 6.92 Å². The van der Waals surface area contributed by atoms with E-state index in [1.807, 2.05) is 0 Å². The number of hydrogen-bond donors (Lipinski definition) is 1. The van der Waals surface area contributed by atoms with Crippen LogP contribution in [0.25, 0.3) is 0 Å². The number of aliphatic hydroxyl groups is 1. The predicted molar refractivity (Wildman–Crippen MR) is 40.7 cm³/mol. The summed E-state index contributed by atoms with van der Waals surface area (Å²) in [5.74, 6) is 0.952. The van der Waals surface area contributed by atoms with E-state index in [9.17, 15) is 5.11 Å². The molecule has 0 amide bonds. The minimum Gasteiger partial charge on any atom is -0.393 e. The zero-order valence-electron chi connectivity index (χ0n) is 6.64. The normalized spacial score (nSPS) is 53.4. The maximum Gasteiger partial charge on any atom is 0.0594 e. The van der Waals surface area contributed by atoms with Gasteiger partial charge in [-0.05, 0) is 43.4 Å². The van der Waals surface area contributed by atoms with Crippen LogP contribution in [-0.2, 0) is 0 Å². The first-order valence-corrected chi connectivity index (χ1v) is 4.39. The molecule has 0 saturated heterocycles. The Balaban J connectivity index is 2.17. The number of hydrogen-bond acceptors (Lipinski definition) is 1. The predicted octanol–water partition coefficient (Wildman–Crippen LogP) is 1.95. The fourth-order valence-corrected chi connectivity index (χ4v) is 2.69. The van der Waals surface area contributed by atoms with Gasteiger partial charge in [-0.3, -0.25) is 0 Å². The average molecular weight is 140 g/mol. The summed E-state index contributed by atoms with van der Waals surface area (Å²) in [4.78, 5) is 0. The summed E-state index contributed by atoms with van der Waals surface area (Å²) in [6, 6.07) is 0. The van der Waals surface area contributed by atoms with Gasteiger partial charge in [0.2, 0.25) is 0 Å². The second-order valence-electron chi connectivity index (χ2n) is 4.36. The summed E-state index contributed by atoms with van der Waals surface area (Å²) < 4.78 is 0. The lowest BCUT2D eigenvalue weighted by atomic mass is 9.75. The van der Waals surface area contributed by atoms with Crippen molar-refractivity contribution in [2.24, 2.45) is 11.3 Å². The molecule has 3 atom stereocenters. The molecule has 0 radical (unpaired) electrons. The number of rotatable bonds is 0. The van der Waals surface area contributed by atoms with Crippen LogP contribution < -0.4 is 0 Å². The van der Waals surface area contributed by atoms with Gasteiger partial charge >= 0.3 is 0 Å². The molecule has 1 N–H and O–H groups in total. The molecule has 0 aromatic rings. The molecule has 0 spiro atoms. The van der Waals surface area contributed by atoms with Gasteiger partial charge in [-0.25, -0.2) is 0 Å². The quantitative estimate of drug-likeness (QED) is 0.545.